The maximum absolute atomic E-state index is 9.94. The summed E-state index contributed by atoms with van der Waals surface area (Å²) in [6.45, 7) is 8.21. The van der Waals surface area contributed by atoms with E-state index in [1.165, 1.54) is 0 Å². The Hall–Kier alpha value is -1.06. The van der Waals surface area contributed by atoms with Crippen molar-refractivity contribution in [3.05, 3.63) is 28.8 Å². The largest absolute Gasteiger partial charge is 0.508 e. The minimum absolute atomic E-state index is 0.110. The van der Waals surface area contributed by atoms with Crippen molar-refractivity contribution >= 4 is 0 Å². The van der Waals surface area contributed by atoms with Gasteiger partial charge in [0.1, 0.15) is 5.75 Å². The Balaban J connectivity index is 3.28. The smallest absolute Gasteiger partial charge is 0.119 e. The first-order valence-corrected chi connectivity index (χ1v) is 5.49. The molecule has 0 aliphatic carbocycles. The minimum atomic E-state index is -0.708. The Morgan fingerprint density at radius 3 is 2.31 bits per heavy atom. The van der Waals surface area contributed by atoms with Crippen molar-refractivity contribution in [3.63, 3.8) is 0 Å². The van der Waals surface area contributed by atoms with E-state index in [4.69, 9.17) is 5.73 Å². The van der Waals surface area contributed by atoms with Gasteiger partial charge < -0.3 is 15.9 Å². The predicted molar refractivity (Wildman–Crippen MR) is 65.6 cm³/mol. The van der Waals surface area contributed by atoms with Crippen molar-refractivity contribution in [2.24, 2.45) is 5.73 Å². The number of phenolic OH excluding ortho intramolecular Hbond substituents is 1. The molecule has 16 heavy (non-hydrogen) atoms. The lowest BCUT2D eigenvalue weighted by Gasteiger charge is -2.23. The fraction of sp³-hybridized carbons (Fsp3) is 0.538. The highest BCUT2D eigenvalue weighted by Gasteiger charge is 2.20. The van der Waals surface area contributed by atoms with Crippen LogP contribution in [0.4, 0.5) is 0 Å². The predicted octanol–water partition coefficient (Wildman–Crippen LogP) is 1.99. The summed E-state index contributed by atoms with van der Waals surface area (Å²) in [4.78, 5) is 0. The average molecular weight is 223 g/mol. The van der Waals surface area contributed by atoms with Crippen LogP contribution < -0.4 is 5.73 Å². The lowest BCUT2D eigenvalue weighted by molar-refractivity contribution is 0.185. The summed E-state index contributed by atoms with van der Waals surface area (Å²) in [7, 11) is 0. The normalized spacial score (nSPS) is 13.9. The Labute approximate surface area is 96.9 Å². The third-order valence-electron chi connectivity index (χ3n) is 2.77. The van der Waals surface area contributed by atoms with Gasteiger partial charge in [-0.25, -0.2) is 0 Å². The van der Waals surface area contributed by atoms with Crippen molar-refractivity contribution in [3.8, 4) is 5.75 Å². The molecule has 1 atom stereocenters. The molecule has 3 heteroatoms. The lowest BCUT2D eigenvalue weighted by atomic mass is 9.84. The molecule has 3 nitrogen and oxygen atoms in total. The molecule has 1 aromatic carbocycles. The van der Waals surface area contributed by atoms with E-state index in [0.717, 1.165) is 11.1 Å². The second kappa shape index (κ2) is 4.44. The molecule has 0 saturated carbocycles. The molecule has 0 aliphatic heterocycles. The molecule has 0 radical (unpaired) electrons. The summed E-state index contributed by atoms with van der Waals surface area (Å²) in [6, 6.07) is 3.54. The van der Waals surface area contributed by atoms with Crippen molar-refractivity contribution in [2.75, 3.05) is 6.54 Å². The fourth-order valence-electron chi connectivity index (χ4n) is 1.80. The van der Waals surface area contributed by atoms with Crippen molar-refractivity contribution < 1.29 is 10.2 Å². The molecule has 0 heterocycles. The van der Waals surface area contributed by atoms with Crippen LogP contribution in [-0.2, 0) is 5.41 Å². The summed E-state index contributed by atoms with van der Waals surface area (Å²) in [6.07, 6.45) is -0.708. The molecule has 0 saturated heterocycles. The van der Waals surface area contributed by atoms with Crippen LogP contribution in [0.1, 0.15) is 43.6 Å². The van der Waals surface area contributed by atoms with Crippen LogP contribution in [0.15, 0.2) is 12.1 Å². The van der Waals surface area contributed by atoms with Gasteiger partial charge in [0.25, 0.3) is 0 Å². The number of aliphatic hydroxyl groups is 1. The topological polar surface area (TPSA) is 66.5 Å². The average Bonchev–Trinajstić information content (AvgIpc) is 2.18. The van der Waals surface area contributed by atoms with Gasteiger partial charge in [-0.15, -0.1) is 0 Å². The van der Waals surface area contributed by atoms with Gasteiger partial charge in [-0.2, -0.15) is 0 Å². The van der Waals surface area contributed by atoms with E-state index >= 15 is 0 Å². The van der Waals surface area contributed by atoms with Crippen molar-refractivity contribution in [2.45, 2.75) is 39.2 Å². The Bertz CT molecular complexity index is 380. The van der Waals surface area contributed by atoms with Gasteiger partial charge in [-0.3, -0.25) is 0 Å². The van der Waals surface area contributed by atoms with Crippen LogP contribution in [0, 0.1) is 6.92 Å². The van der Waals surface area contributed by atoms with Crippen LogP contribution in [-0.4, -0.2) is 16.8 Å². The minimum Gasteiger partial charge on any atom is -0.508 e. The highest BCUT2D eigenvalue weighted by Crippen LogP contribution is 2.34. The van der Waals surface area contributed by atoms with E-state index in [-0.39, 0.29) is 17.7 Å². The van der Waals surface area contributed by atoms with E-state index < -0.39 is 6.10 Å². The molecule has 1 unspecified atom stereocenters. The van der Waals surface area contributed by atoms with Crippen molar-refractivity contribution in [1.82, 2.24) is 0 Å². The molecule has 0 amide bonds. The molecule has 0 fully saturated rings. The number of benzene rings is 1. The Kier molecular flexibility index (Phi) is 3.61. The second-order valence-corrected chi connectivity index (χ2v) is 5.23. The number of nitrogens with two attached hydrogens (primary N) is 1. The number of hydrogen-bond acceptors (Lipinski definition) is 3. The zero-order valence-electron chi connectivity index (χ0n) is 10.4. The lowest BCUT2D eigenvalue weighted by Crippen LogP contribution is -2.15. The molecule has 0 spiro atoms. The van der Waals surface area contributed by atoms with Gasteiger partial charge in [0.15, 0.2) is 0 Å². The zero-order chi connectivity index (χ0) is 12.5. The van der Waals surface area contributed by atoms with Gasteiger partial charge in [0.05, 0.1) is 6.10 Å². The maximum atomic E-state index is 9.94. The van der Waals surface area contributed by atoms with Crippen LogP contribution >= 0.6 is 0 Å². The first kappa shape index (κ1) is 13.0. The van der Waals surface area contributed by atoms with Gasteiger partial charge >= 0.3 is 0 Å². The maximum Gasteiger partial charge on any atom is 0.119 e. The molecule has 0 aliphatic rings. The van der Waals surface area contributed by atoms with Crippen molar-refractivity contribution in [1.29, 1.82) is 0 Å². The van der Waals surface area contributed by atoms with Gasteiger partial charge in [-0.05, 0) is 35.1 Å². The van der Waals surface area contributed by atoms with E-state index in [2.05, 4.69) is 0 Å². The Morgan fingerprint density at radius 2 is 1.88 bits per heavy atom. The first-order valence-electron chi connectivity index (χ1n) is 5.49. The summed E-state index contributed by atoms with van der Waals surface area (Å²) in [5.41, 5.74) is 7.85. The molecule has 90 valence electrons. The molecule has 0 bridgehead atoms. The van der Waals surface area contributed by atoms with Gasteiger partial charge in [-0.1, -0.05) is 26.8 Å². The first-order chi connectivity index (χ1) is 7.27. The van der Waals surface area contributed by atoms with E-state index in [1.54, 1.807) is 6.07 Å². The highest BCUT2D eigenvalue weighted by atomic mass is 16.3. The fourth-order valence-corrected chi connectivity index (χ4v) is 1.80. The van der Waals surface area contributed by atoms with E-state index in [1.807, 2.05) is 33.8 Å². The van der Waals surface area contributed by atoms with Gasteiger partial charge in [0, 0.05) is 6.54 Å². The van der Waals surface area contributed by atoms with Gasteiger partial charge in [0.2, 0.25) is 0 Å². The highest BCUT2D eigenvalue weighted by molar-refractivity contribution is 5.45. The van der Waals surface area contributed by atoms with E-state index in [9.17, 15) is 10.2 Å². The van der Waals surface area contributed by atoms with Crippen LogP contribution in [0.25, 0.3) is 0 Å². The van der Waals surface area contributed by atoms with Crippen LogP contribution in [0.5, 0.6) is 5.75 Å². The number of rotatable bonds is 2. The molecule has 4 N–H and O–H groups in total. The Morgan fingerprint density at radius 1 is 1.31 bits per heavy atom. The van der Waals surface area contributed by atoms with E-state index in [0.29, 0.717) is 5.56 Å². The number of phenols is 1. The SMILES string of the molecule is Cc1cc(C(C)(C)C)c(O)cc1C(O)CN. The quantitative estimate of drug-likeness (QED) is 0.718. The number of aromatic hydroxyl groups is 1. The molecular weight excluding hydrogens is 202 g/mol. The summed E-state index contributed by atoms with van der Waals surface area (Å²) < 4.78 is 0. The molecule has 0 aromatic heterocycles. The number of aliphatic hydroxyl groups excluding tert-OH is 1. The standard InChI is InChI=1S/C13H21NO2/c1-8-5-10(13(2,3)4)11(15)6-9(8)12(16)7-14/h5-6,12,15-16H,7,14H2,1-4H3. The molecular formula is C13H21NO2. The third-order valence-corrected chi connectivity index (χ3v) is 2.77. The molecule has 1 aromatic rings. The summed E-state index contributed by atoms with van der Waals surface area (Å²) >= 11 is 0. The second-order valence-electron chi connectivity index (χ2n) is 5.23. The monoisotopic (exact) mass is 223 g/mol. The van der Waals surface area contributed by atoms with Crippen LogP contribution in [0.3, 0.4) is 0 Å². The third kappa shape index (κ3) is 2.54. The van der Waals surface area contributed by atoms with Crippen LogP contribution in [0.2, 0.25) is 0 Å². The number of aryl methyl sites for hydroxylation is 1. The number of hydrogen-bond donors (Lipinski definition) is 3. The molecule has 1 rings (SSSR count). The summed E-state index contributed by atoms with van der Waals surface area (Å²) in [5.74, 6) is 0.223. The zero-order valence-corrected chi connectivity index (χ0v) is 10.4. The summed E-state index contributed by atoms with van der Waals surface area (Å²) in [5, 5.41) is 19.6.